The van der Waals surface area contributed by atoms with Crippen molar-refractivity contribution < 1.29 is 19.1 Å². The molecule has 0 bridgehead atoms. The highest BCUT2D eigenvalue weighted by atomic mass is 16.5. The highest BCUT2D eigenvalue weighted by molar-refractivity contribution is 5.95. The molecule has 4 nitrogen and oxygen atoms in total. The third-order valence-corrected chi connectivity index (χ3v) is 3.39. The lowest BCUT2D eigenvalue weighted by Gasteiger charge is -2.22. The van der Waals surface area contributed by atoms with Crippen molar-refractivity contribution in [2.45, 2.75) is 64.9 Å². The van der Waals surface area contributed by atoms with Crippen LogP contribution >= 0.6 is 0 Å². The van der Waals surface area contributed by atoms with Crippen LogP contribution in [0.4, 0.5) is 0 Å². The number of carbonyl (C=O) groups is 2. The van der Waals surface area contributed by atoms with Crippen LogP contribution in [-0.2, 0) is 19.1 Å². The van der Waals surface area contributed by atoms with E-state index in [0.29, 0.717) is 12.8 Å². The lowest BCUT2D eigenvalue weighted by atomic mass is 9.98. The monoisotopic (exact) mass is 284 g/mol. The minimum absolute atomic E-state index is 0.0681. The number of methoxy groups -OCH3 is 2. The van der Waals surface area contributed by atoms with Gasteiger partial charge in [-0.1, -0.05) is 11.6 Å². The van der Waals surface area contributed by atoms with Crippen molar-refractivity contribution in [3.8, 4) is 0 Å². The summed E-state index contributed by atoms with van der Waals surface area (Å²) in [6.07, 6.45) is 6.14. The molecule has 0 heterocycles. The summed E-state index contributed by atoms with van der Waals surface area (Å²) in [5, 5.41) is 0. The molecular formula is C16H28O4. The second-order valence-electron chi connectivity index (χ2n) is 5.70. The first kappa shape index (κ1) is 18.8. The summed E-state index contributed by atoms with van der Waals surface area (Å²) in [5.41, 5.74) is 1.21. The maximum absolute atomic E-state index is 11.4. The average Bonchev–Trinajstić information content (AvgIpc) is 2.38. The Kier molecular flexibility index (Phi) is 9.14. The molecule has 0 unspecified atom stereocenters. The predicted octanol–water partition coefficient (Wildman–Crippen LogP) is 3.44. The Morgan fingerprint density at radius 3 is 2.35 bits per heavy atom. The fourth-order valence-corrected chi connectivity index (χ4v) is 1.80. The van der Waals surface area contributed by atoms with Crippen molar-refractivity contribution in [2.75, 3.05) is 14.2 Å². The van der Waals surface area contributed by atoms with Gasteiger partial charge in [-0.05, 0) is 46.5 Å². The van der Waals surface area contributed by atoms with E-state index >= 15 is 0 Å². The molecule has 0 radical (unpaired) electrons. The maximum Gasteiger partial charge on any atom is 0.313 e. The van der Waals surface area contributed by atoms with Crippen molar-refractivity contribution in [3.63, 3.8) is 0 Å². The van der Waals surface area contributed by atoms with Crippen LogP contribution in [0.15, 0.2) is 11.6 Å². The number of hydrogen-bond donors (Lipinski definition) is 0. The van der Waals surface area contributed by atoms with Gasteiger partial charge in [-0.25, -0.2) is 0 Å². The van der Waals surface area contributed by atoms with E-state index in [1.54, 1.807) is 7.11 Å². The van der Waals surface area contributed by atoms with Crippen LogP contribution in [0.25, 0.3) is 0 Å². The van der Waals surface area contributed by atoms with Crippen molar-refractivity contribution in [1.29, 1.82) is 0 Å². The van der Waals surface area contributed by atoms with Gasteiger partial charge in [0.1, 0.15) is 12.2 Å². The lowest BCUT2D eigenvalue weighted by molar-refractivity contribution is -0.143. The molecule has 0 saturated heterocycles. The molecular weight excluding hydrogens is 256 g/mol. The standard InChI is InChI=1S/C16H28O4/c1-13(9-7-11-16(2,3)20-5)8-6-10-14(17)12-15(18)19-4/h8H,6-7,9-12H2,1-5H3. The first-order valence-electron chi connectivity index (χ1n) is 7.10. The van der Waals surface area contributed by atoms with Gasteiger partial charge in [-0.2, -0.15) is 0 Å². The first-order valence-corrected chi connectivity index (χ1v) is 7.10. The van der Waals surface area contributed by atoms with Gasteiger partial charge < -0.3 is 9.47 Å². The third kappa shape index (κ3) is 9.73. The van der Waals surface area contributed by atoms with Crippen molar-refractivity contribution in [1.82, 2.24) is 0 Å². The molecule has 0 rings (SSSR count). The Balaban J connectivity index is 3.86. The number of rotatable bonds is 10. The van der Waals surface area contributed by atoms with E-state index < -0.39 is 5.97 Å². The number of Topliss-reactive ketones (excluding diaryl/α,β-unsaturated/α-hetero) is 1. The summed E-state index contributed by atoms with van der Waals surface area (Å²) in [4.78, 5) is 22.3. The molecule has 0 aliphatic rings. The van der Waals surface area contributed by atoms with E-state index in [2.05, 4.69) is 31.6 Å². The molecule has 20 heavy (non-hydrogen) atoms. The Hall–Kier alpha value is -1.16. The largest absolute Gasteiger partial charge is 0.469 e. The van der Waals surface area contributed by atoms with Crippen LogP contribution in [0.2, 0.25) is 0 Å². The number of carbonyl (C=O) groups excluding carboxylic acids is 2. The van der Waals surface area contributed by atoms with Crippen LogP contribution in [0.3, 0.4) is 0 Å². The molecule has 0 spiro atoms. The summed E-state index contributed by atoms with van der Waals surface area (Å²) in [7, 11) is 3.02. The van der Waals surface area contributed by atoms with Crippen molar-refractivity contribution in [3.05, 3.63) is 11.6 Å². The summed E-state index contributed by atoms with van der Waals surface area (Å²) >= 11 is 0. The van der Waals surface area contributed by atoms with Crippen LogP contribution in [0, 0.1) is 0 Å². The molecule has 0 atom stereocenters. The topological polar surface area (TPSA) is 52.6 Å². The minimum atomic E-state index is -0.461. The second-order valence-corrected chi connectivity index (χ2v) is 5.70. The molecule has 116 valence electrons. The highest BCUT2D eigenvalue weighted by Crippen LogP contribution is 2.19. The average molecular weight is 284 g/mol. The van der Waals surface area contributed by atoms with Gasteiger partial charge in [0.15, 0.2) is 0 Å². The Labute approximate surface area is 122 Å². The van der Waals surface area contributed by atoms with Gasteiger partial charge in [0, 0.05) is 13.5 Å². The van der Waals surface area contributed by atoms with E-state index in [-0.39, 0.29) is 17.8 Å². The maximum atomic E-state index is 11.4. The van der Waals surface area contributed by atoms with Gasteiger partial charge in [0.25, 0.3) is 0 Å². The van der Waals surface area contributed by atoms with E-state index in [1.165, 1.54) is 12.7 Å². The minimum Gasteiger partial charge on any atom is -0.469 e. The normalized spacial score (nSPS) is 12.3. The number of ether oxygens (including phenoxy) is 2. The Morgan fingerprint density at radius 2 is 1.80 bits per heavy atom. The summed E-state index contributed by atoms with van der Waals surface area (Å²) in [6.45, 7) is 6.24. The fourth-order valence-electron chi connectivity index (χ4n) is 1.80. The lowest BCUT2D eigenvalue weighted by Crippen LogP contribution is -2.21. The number of ketones is 1. The molecule has 0 saturated carbocycles. The Bertz CT molecular complexity index is 342. The zero-order chi connectivity index (χ0) is 15.6. The number of allylic oxidation sites excluding steroid dienone is 2. The van der Waals surface area contributed by atoms with E-state index in [9.17, 15) is 9.59 Å². The van der Waals surface area contributed by atoms with Gasteiger partial charge in [-0.15, -0.1) is 0 Å². The second kappa shape index (κ2) is 9.70. The summed E-state index contributed by atoms with van der Waals surface area (Å²) < 4.78 is 9.83. The fraction of sp³-hybridized carbons (Fsp3) is 0.750. The zero-order valence-corrected chi connectivity index (χ0v) is 13.5. The number of hydrogen-bond acceptors (Lipinski definition) is 4. The quantitative estimate of drug-likeness (QED) is 0.350. The van der Waals surface area contributed by atoms with Gasteiger partial charge in [-0.3, -0.25) is 9.59 Å². The highest BCUT2D eigenvalue weighted by Gasteiger charge is 2.15. The van der Waals surface area contributed by atoms with Crippen LogP contribution in [0.1, 0.15) is 59.3 Å². The number of esters is 1. The molecule has 4 heteroatoms. The van der Waals surface area contributed by atoms with E-state index in [1.807, 2.05) is 0 Å². The van der Waals surface area contributed by atoms with Gasteiger partial charge in [0.05, 0.1) is 12.7 Å². The summed E-state index contributed by atoms with van der Waals surface area (Å²) in [6, 6.07) is 0. The van der Waals surface area contributed by atoms with Crippen LogP contribution in [0.5, 0.6) is 0 Å². The van der Waals surface area contributed by atoms with Gasteiger partial charge >= 0.3 is 5.97 Å². The molecule has 0 aromatic carbocycles. The Morgan fingerprint density at radius 1 is 1.15 bits per heavy atom. The smallest absolute Gasteiger partial charge is 0.313 e. The SMILES string of the molecule is COC(=O)CC(=O)CCC=C(C)CCCC(C)(C)OC. The zero-order valence-electron chi connectivity index (χ0n) is 13.5. The predicted molar refractivity (Wildman–Crippen MR) is 79.6 cm³/mol. The van der Waals surface area contributed by atoms with E-state index in [0.717, 1.165) is 19.3 Å². The van der Waals surface area contributed by atoms with Crippen molar-refractivity contribution in [2.24, 2.45) is 0 Å². The third-order valence-electron chi connectivity index (χ3n) is 3.39. The molecule has 0 aromatic rings. The van der Waals surface area contributed by atoms with Gasteiger partial charge in [0.2, 0.25) is 0 Å². The van der Waals surface area contributed by atoms with Crippen LogP contribution in [-0.4, -0.2) is 31.6 Å². The molecule has 0 aliphatic carbocycles. The van der Waals surface area contributed by atoms with Crippen molar-refractivity contribution >= 4 is 11.8 Å². The molecule has 0 aliphatic heterocycles. The molecule has 0 aromatic heterocycles. The van der Waals surface area contributed by atoms with E-state index in [4.69, 9.17) is 4.74 Å². The molecule has 0 fully saturated rings. The molecule has 0 amide bonds. The van der Waals surface area contributed by atoms with Crippen LogP contribution < -0.4 is 0 Å². The molecule has 0 N–H and O–H groups in total. The summed E-state index contributed by atoms with van der Waals surface area (Å²) in [5.74, 6) is -0.529. The first-order chi connectivity index (χ1) is 9.30.